The number of carbonyl (C=O) groups is 1. The molecule has 0 fully saturated rings. The van der Waals surface area contributed by atoms with E-state index in [-0.39, 0.29) is 11.7 Å². The number of rotatable bonds is 6. The summed E-state index contributed by atoms with van der Waals surface area (Å²) in [4.78, 5) is 16.9. The fraction of sp³-hybridized carbons (Fsp3) is 0.100. The normalized spacial score (nSPS) is 10.8. The van der Waals surface area contributed by atoms with E-state index in [1.165, 1.54) is 23.1 Å². The molecule has 0 aliphatic heterocycles. The Hall–Kier alpha value is -2.68. The third-order valence-electron chi connectivity index (χ3n) is 4.03. The molecule has 1 amide bonds. The minimum atomic E-state index is -0.146. The quantitative estimate of drug-likeness (QED) is 0.422. The summed E-state index contributed by atoms with van der Waals surface area (Å²) in [5.41, 5.74) is 2.71. The molecule has 9 heteroatoms. The van der Waals surface area contributed by atoms with E-state index in [0.29, 0.717) is 15.3 Å². The monoisotopic (exact) mass is 441 g/mol. The Morgan fingerprint density at radius 2 is 1.90 bits per heavy atom. The van der Waals surface area contributed by atoms with Crippen LogP contribution in [0.2, 0.25) is 5.02 Å². The maximum atomic E-state index is 12.4. The Morgan fingerprint density at radius 3 is 2.66 bits per heavy atom. The average Bonchev–Trinajstić information content (AvgIpc) is 3.34. The molecule has 0 saturated carbocycles. The molecule has 2 aromatic heterocycles. The molecule has 0 bridgehead atoms. The minimum Gasteiger partial charge on any atom is -0.301 e. The number of aromatic nitrogens is 4. The van der Waals surface area contributed by atoms with Crippen LogP contribution in [0, 0.1) is 6.92 Å². The standard InChI is InChI=1S/C20H16ClN5OS2/c1-13-24-25-20(26(13)16-5-3-2-4-6-16)29-12-18(27)23-19-22-17(11-28-19)14-7-9-15(21)10-8-14/h2-11H,12H2,1H3,(H,22,23,27). The summed E-state index contributed by atoms with van der Waals surface area (Å²) in [7, 11) is 0. The van der Waals surface area contributed by atoms with Gasteiger partial charge in [-0.25, -0.2) is 4.98 Å². The number of thiazole rings is 1. The van der Waals surface area contributed by atoms with Crippen LogP contribution in [0.4, 0.5) is 5.13 Å². The number of halogens is 1. The summed E-state index contributed by atoms with van der Waals surface area (Å²) in [6, 6.07) is 17.3. The van der Waals surface area contributed by atoms with Crippen molar-refractivity contribution < 1.29 is 4.79 Å². The van der Waals surface area contributed by atoms with E-state index in [0.717, 1.165) is 22.8 Å². The largest absolute Gasteiger partial charge is 0.301 e. The molecular weight excluding hydrogens is 426 g/mol. The van der Waals surface area contributed by atoms with Crippen molar-refractivity contribution in [2.45, 2.75) is 12.1 Å². The van der Waals surface area contributed by atoms with Crippen molar-refractivity contribution in [1.82, 2.24) is 19.7 Å². The van der Waals surface area contributed by atoms with Gasteiger partial charge in [-0.3, -0.25) is 9.36 Å². The van der Waals surface area contributed by atoms with Gasteiger partial charge >= 0.3 is 0 Å². The van der Waals surface area contributed by atoms with Gasteiger partial charge in [-0.15, -0.1) is 21.5 Å². The van der Waals surface area contributed by atoms with Gasteiger partial charge in [0, 0.05) is 21.7 Å². The van der Waals surface area contributed by atoms with Crippen molar-refractivity contribution in [2.75, 3.05) is 11.1 Å². The Bertz CT molecular complexity index is 1130. The first kappa shape index (κ1) is 19.6. The summed E-state index contributed by atoms with van der Waals surface area (Å²) in [5, 5.41) is 15.0. The number of carbonyl (C=O) groups excluding carboxylic acids is 1. The van der Waals surface area contributed by atoms with E-state index < -0.39 is 0 Å². The van der Waals surface area contributed by atoms with Gasteiger partial charge in [-0.05, 0) is 31.2 Å². The Labute approximate surface area is 181 Å². The first-order valence-electron chi connectivity index (χ1n) is 8.72. The molecule has 0 saturated heterocycles. The lowest BCUT2D eigenvalue weighted by Crippen LogP contribution is -2.14. The fourth-order valence-electron chi connectivity index (χ4n) is 2.68. The average molecular weight is 442 g/mol. The second-order valence-corrected chi connectivity index (χ2v) is 8.32. The SMILES string of the molecule is Cc1nnc(SCC(=O)Nc2nc(-c3ccc(Cl)cc3)cs2)n1-c1ccccc1. The molecule has 2 heterocycles. The first-order chi connectivity index (χ1) is 14.1. The molecule has 1 N–H and O–H groups in total. The highest BCUT2D eigenvalue weighted by Crippen LogP contribution is 2.27. The summed E-state index contributed by atoms with van der Waals surface area (Å²) in [6.45, 7) is 1.89. The summed E-state index contributed by atoms with van der Waals surface area (Å²) in [6.07, 6.45) is 0. The highest BCUT2D eigenvalue weighted by atomic mass is 35.5. The molecule has 0 atom stereocenters. The lowest BCUT2D eigenvalue weighted by atomic mass is 10.2. The first-order valence-corrected chi connectivity index (χ1v) is 11.0. The molecule has 0 spiro atoms. The Kier molecular flexibility index (Phi) is 5.94. The van der Waals surface area contributed by atoms with Gasteiger partial charge < -0.3 is 5.32 Å². The van der Waals surface area contributed by atoms with E-state index in [2.05, 4.69) is 20.5 Å². The van der Waals surface area contributed by atoms with Gasteiger partial charge in [0.15, 0.2) is 10.3 Å². The maximum Gasteiger partial charge on any atom is 0.236 e. The summed E-state index contributed by atoms with van der Waals surface area (Å²) < 4.78 is 1.93. The lowest BCUT2D eigenvalue weighted by Gasteiger charge is -2.07. The van der Waals surface area contributed by atoms with E-state index in [1.54, 1.807) is 0 Å². The van der Waals surface area contributed by atoms with Crippen molar-refractivity contribution >= 4 is 45.7 Å². The molecule has 0 unspecified atom stereocenters. The number of nitrogens with one attached hydrogen (secondary N) is 1. The van der Waals surface area contributed by atoms with Crippen LogP contribution in [-0.4, -0.2) is 31.4 Å². The van der Waals surface area contributed by atoms with Crippen molar-refractivity contribution in [3.05, 3.63) is 70.8 Å². The summed E-state index contributed by atoms with van der Waals surface area (Å²) >= 11 is 8.64. The van der Waals surface area contributed by atoms with Gasteiger partial charge in [0.2, 0.25) is 5.91 Å². The molecule has 29 heavy (non-hydrogen) atoms. The lowest BCUT2D eigenvalue weighted by molar-refractivity contribution is -0.113. The highest BCUT2D eigenvalue weighted by Gasteiger charge is 2.14. The van der Waals surface area contributed by atoms with Crippen molar-refractivity contribution in [2.24, 2.45) is 0 Å². The fourth-order valence-corrected chi connectivity index (χ4v) is 4.34. The van der Waals surface area contributed by atoms with E-state index in [4.69, 9.17) is 11.6 Å². The van der Waals surface area contributed by atoms with E-state index in [9.17, 15) is 4.79 Å². The van der Waals surface area contributed by atoms with Gasteiger partial charge in [-0.2, -0.15) is 0 Å². The van der Waals surface area contributed by atoms with Crippen molar-refractivity contribution in [3.63, 3.8) is 0 Å². The Morgan fingerprint density at radius 1 is 1.14 bits per heavy atom. The van der Waals surface area contributed by atoms with Crippen LogP contribution >= 0.6 is 34.7 Å². The van der Waals surface area contributed by atoms with E-state index in [1.807, 2.05) is 71.5 Å². The second-order valence-electron chi connectivity index (χ2n) is 6.08. The third kappa shape index (κ3) is 4.67. The maximum absolute atomic E-state index is 12.4. The van der Waals surface area contributed by atoms with Gasteiger partial charge in [0.1, 0.15) is 5.82 Å². The predicted molar refractivity (Wildman–Crippen MR) is 118 cm³/mol. The predicted octanol–water partition coefficient (Wildman–Crippen LogP) is 5.08. The molecule has 4 aromatic rings. The number of anilines is 1. The van der Waals surface area contributed by atoms with Crippen molar-refractivity contribution in [3.8, 4) is 16.9 Å². The molecule has 146 valence electrons. The smallest absolute Gasteiger partial charge is 0.236 e. The number of nitrogens with zero attached hydrogens (tertiary/aromatic N) is 4. The number of aryl methyl sites for hydroxylation is 1. The molecule has 6 nitrogen and oxygen atoms in total. The number of benzene rings is 2. The minimum absolute atomic E-state index is 0.146. The number of amides is 1. The number of thioether (sulfide) groups is 1. The van der Waals surface area contributed by atoms with Crippen LogP contribution in [0.25, 0.3) is 16.9 Å². The van der Waals surface area contributed by atoms with Crippen molar-refractivity contribution in [1.29, 1.82) is 0 Å². The molecular formula is C20H16ClN5OS2. The third-order valence-corrected chi connectivity index (χ3v) is 5.97. The van der Waals surface area contributed by atoms with Gasteiger partial charge in [-0.1, -0.05) is 53.7 Å². The zero-order valence-corrected chi connectivity index (χ0v) is 17.8. The van der Waals surface area contributed by atoms with Crippen LogP contribution < -0.4 is 5.32 Å². The van der Waals surface area contributed by atoms with Crippen LogP contribution in [-0.2, 0) is 4.79 Å². The number of hydrogen-bond donors (Lipinski definition) is 1. The van der Waals surface area contributed by atoms with Crippen LogP contribution in [0.5, 0.6) is 0 Å². The Balaban J connectivity index is 1.40. The zero-order chi connectivity index (χ0) is 20.2. The molecule has 4 rings (SSSR count). The topological polar surface area (TPSA) is 72.7 Å². The second kappa shape index (κ2) is 8.77. The number of hydrogen-bond acceptors (Lipinski definition) is 6. The van der Waals surface area contributed by atoms with Crippen LogP contribution in [0.3, 0.4) is 0 Å². The molecule has 2 aromatic carbocycles. The van der Waals surface area contributed by atoms with Gasteiger partial charge in [0.25, 0.3) is 0 Å². The van der Waals surface area contributed by atoms with E-state index >= 15 is 0 Å². The van der Waals surface area contributed by atoms with Crippen LogP contribution in [0.15, 0.2) is 65.1 Å². The molecule has 0 aliphatic rings. The highest BCUT2D eigenvalue weighted by molar-refractivity contribution is 7.99. The van der Waals surface area contributed by atoms with Crippen LogP contribution in [0.1, 0.15) is 5.82 Å². The van der Waals surface area contributed by atoms with Gasteiger partial charge in [0.05, 0.1) is 11.4 Å². The molecule has 0 radical (unpaired) electrons. The summed E-state index contributed by atoms with van der Waals surface area (Å²) in [5.74, 6) is 0.833. The zero-order valence-electron chi connectivity index (χ0n) is 15.4. The molecule has 0 aliphatic carbocycles. The number of para-hydroxylation sites is 1.